The first kappa shape index (κ1) is 21.2. The number of carbonyl (C=O) groups excluding carboxylic acids is 1. The molecule has 0 saturated heterocycles. The van der Waals surface area contributed by atoms with E-state index in [1.54, 1.807) is 20.8 Å². The van der Waals surface area contributed by atoms with Gasteiger partial charge < -0.3 is 25.4 Å². The monoisotopic (exact) mass is 387 g/mol. The van der Waals surface area contributed by atoms with Gasteiger partial charge in [0, 0.05) is 0 Å². The highest BCUT2D eigenvalue weighted by Crippen LogP contribution is 2.32. The Kier molecular flexibility index (Phi) is 6.64. The topological polar surface area (TPSA) is 119 Å². The summed E-state index contributed by atoms with van der Waals surface area (Å²) in [5.41, 5.74) is 6.37. The van der Waals surface area contributed by atoms with Gasteiger partial charge in [-0.2, -0.15) is 0 Å². The normalized spacial score (nSPS) is 13.4. The van der Waals surface area contributed by atoms with E-state index in [4.69, 9.17) is 15.2 Å². The van der Waals surface area contributed by atoms with Crippen LogP contribution in [0.2, 0.25) is 0 Å². The lowest BCUT2D eigenvalue weighted by Crippen LogP contribution is -2.39. The number of nitrogens with two attached hydrogens (primary N) is 1. The Morgan fingerprint density at radius 3 is 2.29 bits per heavy atom. The van der Waals surface area contributed by atoms with E-state index in [0.29, 0.717) is 0 Å². The zero-order valence-corrected chi connectivity index (χ0v) is 16.1. The van der Waals surface area contributed by atoms with E-state index < -0.39 is 29.5 Å². The summed E-state index contributed by atoms with van der Waals surface area (Å²) in [5, 5.41) is 19.7. The summed E-state index contributed by atoms with van der Waals surface area (Å²) in [6.07, 6.45) is 0. The average Bonchev–Trinajstić information content (AvgIpc) is 2.59. The molecule has 0 aliphatic heterocycles. The van der Waals surface area contributed by atoms with Crippen LogP contribution in [0.4, 0.5) is 0 Å². The molecule has 28 heavy (non-hydrogen) atoms. The van der Waals surface area contributed by atoms with Crippen molar-refractivity contribution in [3.8, 4) is 11.5 Å². The van der Waals surface area contributed by atoms with E-state index in [1.165, 1.54) is 18.2 Å². The number of carbonyl (C=O) groups is 2. The second-order valence-electron chi connectivity index (χ2n) is 7.38. The van der Waals surface area contributed by atoms with E-state index in [1.807, 2.05) is 30.3 Å². The second-order valence-corrected chi connectivity index (χ2v) is 7.38. The van der Waals surface area contributed by atoms with Crippen molar-refractivity contribution in [2.45, 2.75) is 39.0 Å². The lowest BCUT2D eigenvalue weighted by atomic mass is 9.93. The fourth-order valence-corrected chi connectivity index (χ4v) is 2.56. The van der Waals surface area contributed by atoms with Crippen LogP contribution in [0.15, 0.2) is 48.5 Å². The number of ether oxygens (including phenoxy) is 2. The van der Waals surface area contributed by atoms with Crippen LogP contribution in [0.1, 0.15) is 37.9 Å². The maximum Gasteiger partial charge on any atom is 0.322 e. The van der Waals surface area contributed by atoms with Gasteiger partial charge >= 0.3 is 11.9 Å². The fourth-order valence-electron chi connectivity index (χ4n) is 2.56. The van der Waals surface area contributed by atoms with Crippen molar-refractivity contribution >= 4 is 11.9 Å². The van der Waals surface area contributed by atoms with Crippen LogP contribution in [0, 0.1) is 5.92 Å². The number of aromatic hydroxyl groups is 1. The van der Waals surface area contributed by atoms with Gasteiger partial charge in [0.1, 0.15) is 12.2 Å². The minimum absolute atomic E-state index is 0.197. The van der Waals surface area contributed by atoms with Gasteiger partial charge in [-0.25, -0.2) is 0 Å². The molecule has 2 aromatic rings. The molecule has 2 unspecified atom stereocenters. The van der Waals surface area contributed by atoms with Crippen LogP contribution in [-0.2, 0) is 20.9 Å². The Morgan fingerprint density at radius 1 is 1.11 bits per heavy atom. The van der Waals surface area contributed by atoms with E-state index in [-0.39, 0.29) is 23.7 Å². The Morgan fingerprint density at radius 2 is 1.75 bits per heavy atom. The van der Waals surface area contributed by atoms with Gasteiger partial charge in [0.25, 0.3) is 0 Å². The molecule has 150 valence electrons. The molecule has 0 spiro atoms. The highest BCUT2D eigenvalue weighted by molar-refractivity contribution is 5.95. The smallest absolute Gasteiger partial charge is 0.322 e. The van der Waals surface area contributed by atoms with Crippen molar-refractivity contribution in [3.05, 3.63) is 59.7 Å². The first-order chi connectivity index (χ1) is 13.1. The quantitative estimate of drug-likeness (QED) is 0.493. The molecule has 7 heteroatoms. The molecule has 0 aliphatic rings. The SMILES string of the molecule is CC(C)(C)OC(=O)C(C(=O)O)C(N)c1ccc(OCc2ccccc2)c(O)c1. The van der Waals surface area contributed by atoms with Crippen LogP contribution in [0.3, 0.4) is 0 Å². The molecule has 2 rings (SSSR count). The maximum absolute atomic E-state index is 12.3. The zero-order chi connectivity index (χ0) is 20.9. The molecule has 0 radical (unpaired) electrons. The highest BCUT2D eigenvalue weighted by Gasteiger charge is 2.37. The molecule has 0 amide bonds. The van der Waals surface area contributed by atoms with Crippen LogP contribution >= 0.6 is 0 Å². The molecule has 0 bridgehead atoms. The number of phenols is 1. The third-order valence-corrected chi connectivity index (χ3v) is 3.89. The van der Waals surface area contributed by atoms with Crippen LogP contribution < -0.4 is 10.5 Å². The molecule has 7 nitrogen and oxygen atoms in total. The molecule has 0 aliphatic carbocycles. The first-order valence-electron chi connectivity index (χ1n) is 8.79. The van der Waals surface area contributed by atoms with Crippen molar-refractivity contribution < 1.29 is 29.3 Å². The summed E-state index contributed by atoms with van der Waals surface area (Å²) in [6, 6.07) is 12.5. The summed E-state index contributed by atoms with van der Waals surface area (Å²) < 4.78 is 10.7. The molecular weight excluding hydrogens is 362 g/mol. The molecular formula is C21H25NO6. The van der Waals surface area contributed by atoms with Gasteiger partial charge in [0.15, 0.2) is 17.4 Å². The Bertz CT molecular complexity index is 829. The molecule has 2 aromatic carbocycles. The number of carboxylic acids is 1. The minimum atomic E-state index is -1.60. The number of esters is 1. The summed E-state index contributed by atoms with van der Waals surface area (Å²) in [5.74, 6) is -3.90. The van der Waals surface area contributed by atoms with Crippen LogP contribution in [0.5, 0.6) is 11.5 Å². The lowest BCUT2D eigenvalue weighted by Gasteiger charge is -2.25. The Balaban J connectivity index is 2.15. The molecule has 0 heterocycles. The van der Waals surface area contributed by atoms with E-state index in [0.717, 1.165) is 5.56 Å². The standard InChI is InChI=1S/C21H25NO6/c1-21(2,3)28-20(26)17(19(24)25)18(22)14-9-10-16(15(23)11-14)27-12-13-7-5-4-6-8-13/h4-11,17-18,23H,12,22H2,1-3H3,(H,24,25). The predicted octanol–water partition coefficient (Wildman–Crippen LogP) is 3.01. The fraction of sp³-hybridized carbons (Fsp3) is 0.333. The largest absolute Gasteiger partial charge is 0.504 e. The summed E-state index contributed by atoms with van der Waals surface area (Å²) in [7, 11) is 0. The number of hydrogen-bond acceptors (Lipinski definition) is 6. The van der Waals surface area contributed by atoms with Crippen molar-refractivity contribution in [1.29, 1.82) is 0 Å². The molecule has 2 atom stereocenters. The molecule has 0 aromatic heterocycles. The molecule has 0 fully saturated rings. The second kappa shape index (κ2) is 8.75. The average molecular weight is 387 g/mol. The van der Waals surface area contributed by atoms with Gasteiger partial charge in [-0.3, -0.25) is 9.59 Å². The van der Waals surface area contributed by atoms with Gasteiger partial charge in [0.05, 0.1) is 6.04 Å². The predicted molar refractivity (Wildman–Crippen MR) is 103 cm³/mol. The van der Waals surface area contributed by atoms with Crippen molar-refractivity contribution in [2.24, 2.45) is 11.7 Å². The van der Waals surface area contributed by atoms with Gasteiger partial charge in [-0.15, -0.1) is 0 Å². The number of benzene rings is 2. The van der Waals surface area contributed by atoms with Crippen LogP contribution in [-0.4, -0.2) is 27.8 Å². The van der Waals surface area contributed by atoms with Gasteiger partial charge in [-0.1, -0.05) is 36.4 Å². The molecule has 4 N–H and O–H groups in total. The van der Waals surface area contributed by atoms with Crippen molar-refractivity contribution in [1.82, 2.24) is 0 Å². The van der Waals surface area contributed by atoms with Crippen molar-refractivity contribution in [3.63, 3.8) is 0 Å². The Labute approximate surface area is 163 Å². The highest BCUT2D eigenvalue weighted by atomic mass is 16.6. The molecule has 0 saturated carbocycles. The third-order valence-electron chi connectivity index (χ3n) is 3.89. The van der Waals surface area contributed by atoms with E-state index >= 15 is 0 Å². The Hall–Kier alpha value is -3.06. The van der Waals surface area contributed by atoms with Gasteiger partial charge in [-0.05, 0) is 44.0 Å². The summed E-state index contributed by atoms with van der Waals surface area (Å²) >= 11 is 0. The number of phenolic OH excluding ortho intramolecular Hbond substituents is 1. The number of aliphatic carboxylic acids is 1. The maximum atomic E-state index is 12.3. The van der Waals surface area contributed by atoms with E-state index in [2.05, 4.69) is 0 Å². The lowest BCUT2D eigenvalue weighted by molar-refractivity contribution is -0.167. The number of carboxylic acid groups (broad SMARTS) is 1. The van der Waals surface area contributed by atoms with Crippen LogP contribution in [0.25, 0.3) is 0 Å². The first-order valence-corrected chi connectivity index (χ1v) is 8.79. The third kappa shape index (κ3) is 5.72. The minimum Gasteiger partial charge on any atom is -0.504 e. The van der Waals surface area contributed by atoms with Crippen molar-refractivity contribution in [2.75, 3.05) is 0 Å². The number of hydrogen-bond donors (Lipinski definition) is 3. The number of rotatable bonds is 7. The zero-order valence-electron chi connectivity index (χ0n) is 16.1. The summed E-state index contributed by atoms with van der Waals surface area (Å²) in [6.45, 7) is 5.18. The van der Waals surface area contributed by atoms with E-state index in [9.17, 15) is 19.8 Å². The van der Waals surface area contributed by atoms with Gasteiger partial charge in [0.2, 0.25) is 0 Å². The summed E-state index contributed by atoms with van der Waals surface area (Å²) in [4.78, 5) is 23.8.